The summed E-state index contributed by atoms with van der Waals surface area (Å²) in [5.41, 5.74) is -1.10. The number of hydrogen-bond donors (Lipinski definition) is 2. The van der Waals surface area contributed by atoms with E-state index < -0.39 is 29.2 Å². The van der Waals surface area contributed by atoms with Gasteiger partial charge in [0, 0.05) is 18.2 Å². The normalized spacial score (nSPS) is 16.9. The van der Waals surface area contributed by atoms with Crippen molar-refractivity contribution in [2.75, 3.05) is 11.9 Å². The summed E-state index contributed by atoms with van der Waals surface area (Å²) in [7, 11) is 0. The summed E-state index contributed by atoms with van der Waals surface area (Å²) in [4.78, 5) is 24.8. The van der Waals surface area contributed by atoms with Crippen LogP contribution in [0.5, 0.6) is 0 Å². The molecule has 0 aliphatic carbocycles. The number of urea groups is 1. The molecule has 1 saturated heterocycles. The highest BCUT2D eigenvalue weighted by Gasteiger charge is 2.35. The van der Waals surface area contributed by atoms with E-state index in [9.17, 15) is 18.4 Å². The largest absolute Gasteiger partial charge is 0.478 e. The molecule has 2 rings (SSSR count). The molecule has 2 amide bonds. The molecule has 21 heavy (non-hydrogen) atoms. The highest BCUT2D eigenvalue weighted by atomic mass is 19.2. The number of hydrogen-bond acceptors (Lipinski definition) is 2. The first-order valence-electron chi connectivity index (χ1n) is 6.53. The molecule has 0 atom stereocenters. The fourth-order valence-corrected chi connectivity index (χ4v) is 2.49. The third kappa shape index (κ3) is 2.96. The van der Waals surface area contributed by atoms with Crippen LogP contribution in [0.25, 0.3) is 0 Å². The summed E-state index contributed by atoms with van der Waals surface area (Å²) in [6.45, 7) is 4.32. The van der Waals surface area contributed by atoms with Crippen molar-refractivity contribution >= 4 is 17.7 Å². The number of amides is 2. The fraction of sp³-hybridized carbons (Fsp3) is 0.429. The van der Waals surface area contributed by atoms with E-state index in [0.717, 1.165) is 12.8 Å². The number of nitrogens with one attached hydrogen (secondary N) is 1. The van der Waals surface area contributed by atoms with Gasteiger partial charge >= 0.3 is 12.0 Å². The number of carboxylic acid groups (broad SMARTS) is 1. The van der Waals surface area contributed by atoms with Gasteiger partial charge < -0.3 is 15.3 Å². The van der Waals surface area contributed by atoms with E-state index in [0.29, 0.717) is 18.7 Å². The van der Waals surface area contributed by atoms with Crippen LogP contribution in [0.4, 0.5) is 19.3 Å². The van der Waals surface area contributed by atoms with E-state index in [-0.39, 0.29) is 11.2 Å². The van der Waals surface area contributed by atoms with Crippen LogP contribution >= 0.6 is 0 Å². The quantitative estimate of drug-likeness (QED) is 0.881. The lowest BCUT2D eigenvalue weighted by Crippen LogP contribution is -2.45. The molecule has 0 radical (unpaired) electrons. The highest BCUT2D eigenvalue weighted by molar-refractivity contribution is 6.00. The van der Waals surface area contributed by atoms with Gasteiger partial charge in [-0.2, -0.15) is 0 Å². The molecule has 1 fully saturated rings. The third-order valence-corrected chi connectivity index (χ3v) is 3.68. The maximum absolute atomic E-state index is 13.3. The van der Waals surface area contributed by atoms with E-state index in [1.807, 2.05) is 13.8 Å². The summed E-state index contributed by atoms with van der Waals surface area (Å²) < 4.78 is 26.4. The second-order valence-electron chi connectivity index (χ2n) is 5.61. The molecule has 2 N–H and O–H groups in total. The van der Waals surface area contributed by atoms with Gasteiger partial charge in [0.05, 0.1) is 11.3 Å². The number of rotatable bonds is 2. The molecule has 0 bridgehead atoms. The standard InChI is InChI=1S/C14H16F2N2O3/c1-14(2)4-3-5-18(14)13(21)17-11-7-10(16)9(15)6-8(11)12(19)20/h6-7H,3-5H2,1-2H3,(H,17,21)(H,19,20). The minimum Gasteiger partial charge on any atom is -0.478 e. The smallest absolute Gasteiger partial charge is 0.337 e. The first kappa shape index (κ1) is 15.2. The second kappa shape index (κ2) is 5.31. The molecule has 0 spiro atoms. The molecular formula is C14H16F2N2O3. The molecule has 1 aromatic carbocycles. The zero-order chi connectivity index (χ0) is 15.8. The Morgan fingerprint density at radius 3 is 2.43 bits per heavy atom. The lowest BCUT2D eigenvalue weighted by molar-refractivity contribution is 0.0697. The van der Waals surface area contributed by atoms with E-state index in [2.05, 4.69) is 5.32 Å². The minimum atomic E-state index is -1.44. The maximum atomic E-state index is 13.3. The number of aromatic carboxylic acids is 1. The molecule has 0 saturated carbocycles. The molecular weight excluding hydrogens is 282 g/mol. The lowest BCUT2D eigenvalue weighted by Gasteiger charge is -2.31. The second-order valence-corrected chi connectivity index (χ2v) is 5.61. The fourth-order valence-electron chi connectivity index (χ4n) is 2.49. The van der Waals surface area contributed by atoms with E-state index >= 15 is 0 Å². The topological polar surface area (TPSA) is 69.6 Å². The zero-order valence-corrected chi connectivity index (χ0v) is 11.7. The summed E-state index contributed by atoms with van der Waals surface area (Å²) in [5.74, 6) is -3.92. The number of likely N-dealkylation sites (tertiary alicyclic amines) is 1. The van der Waals surface area contributed by atoms with Gasteiger partial charge in [-0.25, -0.2) is 18.4 Å². The van der Waals surface area contributed by atoms with Crippen molar-refractivity contribution in [2.24, 2.45) is 0 Å². The van der Waals surface area contributed by atoms with Crippen molar-refractivity contribution in [2.45, 2.75) is 32.2 Å². The number of carboxylic acids is 1. The predicted octanol–water partition coefficient (Wildman–Crippen LogP) is 3.07. The van der Waals surface area contributed by atoms with Gasteiger partial charge in [-0.1, -0.05) is 0 Å². The van der Waals surface area contributed by atoms with Crippen LogP contribution < -0.4 is 5.32 Å². The molecule has 0 unspecified atom stereocenters. The van der Waals surface area contributed by atoms with Crippen molar-refractivity contribution in [3.8, 4) is 0 Å². The number of carbonyl (C=O) groups is 2. The van der Waals surface area contributed by atoms with Gasteiger partial charge in [0.2, 0.25) is 0 Å². The van der Waals surface area contributed by atoms with Gasteiger partial charge in [0.1, 0.15) is 0 Å². The molecule has 1 aliphatic rings. The number of carbonyl (C=O) groups excluding carboxylic acids is 1. The predicted molar refractivity (Wildman–Crippen MR) is 72.4 cm³/mol. The van der Waals surface area contributed by atoms with E-state index in [1.165, 1.54) is 0 Å². The first-order valence-corrected chi connectivity index (χ1v) is 6.53. The summed E-state index contributed by atoms with van der Waals surface area (Å²) in [6, 6.07) is 0.716. The molecule has 114 valence electrons. The Balaban J connectivity index is 2.29. The molecule has 5 nitrogen and oxygen atoms in total. The summed E-state index contributed by atoms with van der Waals surface area (Å²) >= 11 is 0. The van der Waals surface area contributed by atoms with Crippen molar-refractivity contribution in [3.63, 3.8) is 0 Å². The average molecular weight is 298 g/mol. The van der Waals surface area contributed by atoms with Gasteiger partial charge in [0.15, 0.2) is 11.6 Å². The lowest BCUT2D eigenvalue weighted by atomic mass is 10.0. The highest BCUT2D eigenvalue weighted by Crippen LogP contribution is 2.29. The minimum absolute atomic E-state index is 0.255. The Hall–Kier alpha value is -2.18. The van der Waals surface area contributed by atoms with Crippen molar-refractivity contribution in [1.29, 1.82) is 0 Å². The number of anilines is 1. The number of halogens is 2. The molecule has 1 aromatic rings. The van der Waals surface area contributed by atoms with E-state index in [1.54, 1.807) is 4.90 Å². The van der Waals surface area contributed by atoms with Crippen LogP contribution in [0.2, 0.25) is 0 Å². The maximum Gasteiger partial charge on any atom is 0.337 e. The Morgan fingerprint density at radius 1 is 1.29 bits per heavy atom. The summed E-state index contributed by atoms with van der Waals surface area (Å²) in [6.07, 6.45) is 1.66. The van der Waals surface area contributed by atoms with Crippen LogP contribution in [0.3, 0.4) is 0 Å². The molecule has 1 heterocycles. The van der Waals surface area contributed by atoms with Gasteiger partial charge in [-0.15, -0.1) is 0 Å². The van der Waals surface area contributed by atoms with Crippen molar-refractivity contribution in [1.82, 2.24) is 4.90 Å². The zero-order valence-electron chi connectivity index (χ0n) is 11.7. The Labute approximate surface area is 120 Å². The average Bonchev–Trinajstić information content (AvgIpc) is 2.72. The third-order valence-electron chi connectivity index (χ3n) is 3.68. The Bertz CT molecular complexity index is 602. The van der Waals surface area contributed by atoms with E-state index in [4.69, 9.17) is 5.11 Å². The van der Waals surface area contributed by atoms with Gasteiger partial charge in [0.25, 0.3) is 0 Å². The SMILES string of the molecule is CC1(C)CCCN1C(=O)Nc1cc(F)c(F)cc1C(=O)O. The van der Waals surface area contributed by atoms with Crippen molar-refractivity contribution in [3.05, 3.63) is 29.3 Å². The van der Waals surface area contributed by atoms with Crippen molar-refractivity contribution < 1.29 is 23.5 Å². The summed E-state index contributed by atoms with van der Waals surface area (Å²) in [5, 5.41) is 11.4. The molecule has 7 heteroatoms. The molecule has 1 aliphatic heterocycles. The van der Waals surface area contributed by atoms with Crippen LogP contribution in [0.1, 0.15) is 37.0 Å². The Morgan fingerprint density at radius 2 is 1.90 bits per heavy atom. The van der Waals surface area contributed by atoms with Crippen LogP contribution in [-0.2, 0) is 0 Å². The van der Waals surface area contributed by atoms with Crippen LogP contribution in [0.15, 0.2) is 12.1 Å². The number of nitrogens with zero attached hydrogens (tertiary/aromatic N) is 1. The Kier molecular flexibility index (Phi) is 3.85. The van der Waals surface area contributed by atoms with Crippen LogP contribution in [0, 0.1) is 11.6 Å². The monoisotopic (exact) mass is 298 g/mol. The number of benzene rings is 1. The first-order chi connectivity index (χ1) is 9.72. The van der Waals surface area contributed by atoms with Crippen LogP contribution in [-0.4, -0.2) is 34.1 Å². The molecule has 0 aromatic heterocycles. The van der Waals surface area contributed by atoms with Gasteiger partial charge in [-0.3, -0.25) is 0 Å². The van der Waals surface area contributed by atoms with Gasteiger partial charge in [-0.05, 0) is 32.8 Å².